The number of carboxylic acids is 2. The standard InChI is InChI=1S/C12H14O2.C9H8O4/c1-2-6-11(13)9-12(14)10-7-4-3-5-8-10;1-5-2-6(8(10)11)4-7(3-5)9(12)13/h3-5,7-8H,2,6,9H2,1H3;2-4H,1H3,(H,10,11)(H,12,13). The van der Waals surface area contributed by atoms with Crippen molar-refractivity contribution in [3.8, 4) is 0 Å². The van der Waals surface area contributed by atoms with Crippen molar-refractivity contribution in [3.63, 3.8) is 0 Å². The summed E-state index contributed by atoms with van der Waals surface area (Å²) in [6.45, 7) is 3.59. The maximum atomic E-state index is 11.5. The van der Waals surface area contributed by atoms with Crippen LogP contribution in [0.15, 0.2) is 48.5 Å². The van der Waals surface area contributed by atoms with Gasteiger partial charge in [0.1, 0.15) is 5.78 Å². The molecule has 6 heteroatoms. The highest BCUT2D eigenvalue weighted by Crippen LogP contribution is 2.09. The van der Waals surface area contributed by atoms with Crippen LogP contribution >= 0.6 is 0 Å². The molecule has 0 aliphatic rings. The van der Waals surface area contributed by atoms with Crippen LogP contribution in [-0.2, 0) is 4.79 Å². The van der Waals surface area contributed by atoms with Gasteiger partial charge in [0.05, 0.1) is 17.5 Å². The van der Waals surface area contributed by atoms with Gasteiger partial charge >= 0.3 is 11.9 Å². The minimum Gasteiger partial charge on any atom is -0.478 e. The molecule has 2 aromatic rings. The van der Waals surface area contributed by atoms with Crippen LogP contribution in [-0.4, -0.2) is 33.7 Å². The van der Waals surface area contributed by atoms with E-state index in [-0.39, 0.29) is 29.1 Å². The van der Waals surface area contributed by atoms with E-state index in [1.54, 1.807) is 31.2 Å². The normalized spacial score (nSPS) is 9.70. The minimum absolute atomic E-state index is 0.00241. The molecule has 27 heavy (non-hydrogen) atoms. The van der Waals surface area contributed by atoms with E-state index >= 15 is 0 Å². The Hall–Kier alpha value is -3.28. The molecular weight excluding hydrogens is 348 g/mol. The second-order valence-electron chi connectivity index (χ2n) is 5.95. The zero-order valence-electron chi connectivity index (χ0n) is 15.3. The van der Waals surface area contributed by atoms with E-state index in [1.807, 2.05) is 13.0 Å². The number of carbonyl (C=O) groups excluding carboxylic acids is 2. The van der Waals surface area contributed by atoms with Crippen LogP contribution < -0.4 is 0 Å². The van der Waals surface area contributed by atoms with Gasteiger partial charge in [0.2, 0.25) is 0 Å². The molecule has 142 valence electrons. The molecule has 0 atom stereocenters. The van der Waals surface area contributed by atoms with Gasteiger partial charge in [0.25, 0.3) is 0 Å². The quantitative estimate of drug-likeness (QED) is 0.563. The SMILES string of the molecule is CCCC(=O)CC(=O)c1ccccc1.Cc1cc(C(=O)O)cc(C(=O)O)c1. The summed E-state index contributed by atoms with van der Waals surface area (Å²) >= 11 is 0. The van der Waals surface area contributed by atoms with E-state index in [0.717, 1.165) is 12.5 Å². The second kappa shape index (κ2) is 10.7. The van der Waals surface area contributed by atoms with E-state index in [1.165, 1.54) is 12.1 Å². The van der Waals surface area contributed by atoms with E-state index < -0.39 is 11.9 Å². The number of Topliss-reactive ketones (excluding diaryl/α,β-unsaturated/α-hetero) is 2. The third-order valence-electron chi connectivity index (χ3n) is 3.55. The number of aromatic carboxylic acids is 2. The third kappa shape index (κ3) is 7.64. The van der Waals surface area contributed by atoms with Crippen molar-refractivity contribution in [2.75, 3.05) is 0 Å². The van der Waals surface area contributed by atoms with Crippen LogP contribution in [0.3, 0.4) is 0 Å². The molecule has 0 saturated carbocycles. The molecule has 0 unspecified atom stereocenters. The largest absolute Gasteiger partial charge is 0.478 e. The molecule has 0 heterocycles. The van der Waals surface area contributed by atoms with E-state index in [9.17, 15) is 19.2 Å². The van der Waals surface area contributed by atoms with Crippen LogP contribution in [0.4, 0.5) is 0 Å². The Morgan fingerprint density at radius 1 is 0.815 bits per heavy atom. The summed E-state index contributed by atoms with van der Waals surface area (Å²) in [6, 6.07) is 12.9. The van der Waals surface area contributed by atoms with Crippen molar-refractivity contribution in [1.82, 2.24) is 0 Å². The molecular formula is C21H22O6. The summed E-state index contributed by atoms with van der Waals surface area (Å²) in [4.78, 5) is 43.8. The Labute approximate surface area is 157 Å². The maximum Gasteiger partial charge on any atom is 0.335 e. The zero-order chi connectivity index (χ0) is 20.4. The van der Waals surface area contributed by atoms with E-state index in [0.29, 0.717) is 17.5 Å². The molecule has 0 aromatic heterocycles. The molecule has 0 aliphatic heterocycles. The summed E-state index contributed by atoms with van der Waals surface area (Å²) in [5.41, 5.74) is 1.24. The number of carboxylic acid groups (broad SMARTS) is 2. The molecule has 0 spiro atoms. The van der Waals surface area contributed by atoms with Crippen molar-refractivity contribution < 1.29 is 29.4 Å². The number of carbonyl (C=O) groups is 4. The van der Waals surface area contributed by atoms with Crippen molar-refractivity contribution in [3.05, 3.63) is 70.8 Å². The summed E-state index contributed by atoms with van der Waals surface area (Å²) < 4.78 is 0. The molecule has 0 amide bonds. The van der Waals surface area contributed by atoms with Crippen LogP contribution in [0.25, 0.3) is 0 Å². The van der Waals surface area contributed by atoms with Gasteiger partial charge in [-0.05, 0) is 37.1 Å². The highest BCUT2D eigenvalue weighted by Gasteiger charge is 2.10. The van der Waals surface area contributed by atoms with Crippen LogP contribution in [0, 0.1) is 6.92 Å². The molecule has 0 fully saturated rings. The minimum atomic E-state index is -1.12. The zero-order valence-corrected chi connectivity index (χ0v) is 15.3. The Morgan fingerprint density at radius 3 is 1.78 bits per heavy atom. The van der Waals surface area contributed by atoms with Gasteiger partial charge in [-0.25, -0.2) is 9.59 Å². The molecule has 6 nitrogen and oxygen atoms in total. The molecule has 2 N–H and O–H groups in total. The number of hydrogen-bond donors (Lipinski definition) is 2. The molecule has 0 saturated heterocycles. The number of aryl methyl sites for hydroxylation is 1. The monoisotopic (exact) mass is 370 g/mol. The topological polar surface area (TPSA) is 109 Å². The first-order valence-corrected chi connectivity index (χ1v) is 8.42. The van der Waals surface area contributed by atoms with Gasteiger partial charge in [-0.2, -0.15) is 0 Å². The first-order valence-electron chi connectivity index (χ1n) is 8.42. The molecule has 2 aromatic carbocycles. The lowest BCUT2D eigenvalue weighted by Gasteiger charge is -1.99. The van der Waals surface area contributed by atoms with Gasteiger partial charge in [0, 0.05) is 12.0 Å². The first kappa shape index (κ1) is 21.8. The van der Waals surface area contributed by atoms with Gasteiger partial charge < -0.3 is 10.2 Å². The van der Waals surface area contributed by atoms with Gasteiger partial charge in [-0.15, -0.1) is 0 Å². The fourth-order valence-corrected chi connectivity index (χ4v) is 2.30. The highest BCUT2D eigenvalue weighted by atomic mass is 16.4. The van der Waals surface area contributed by atoms with E-state index in [4.69, 9.17) is 10.2 Å². The molecule has 0 radical (unpaired) electrons. The average molecular weight is 370 g/mol. The second-order valence-corrected chi connectivity index (χ2v) is 5.95. The lowest BCUT2D eigenvalue weighted by molar-refractivity contribution is -0.118. The Morgan fingerprint density at radius 2 is 1.33 bits per heavy atom. The lowest BCUT2D eigenvalue weighted by Crippen LogP contribution is -2.07. The third-order valence-corrected chi connectivity index (χ3v) is 3.55. The number of rotatable bonds is 7. The first-order chi connectivity index (χ1) is 12.7. The van der Waals surface area contributed by atoms with Gasteiger partial charge in [0.15, 0.2) is 5.78 Å². The summed E-state index contributed by atoms with van der Waals surface area (Å²) in [6.07, 6.45) is 1.34. The fourth-order valence-electron chi connectivity index (χ4n) is 2.30. The number of benzene rings is 2. The predicted octanol–water partition coefficient (Wildman–Crippen LogP) is 4.02. The summed E-state index contributed by atoms with van der Waals surface area (Å²) in [5, 5.41) is 17.2. The maximum absolute atomic E-state index is 11.5. The van der Waals surface area contributed by atoms with Gasteiger partial charge in [-0.1, -0.05) is 37.3 Å². The molecule has 2 rings (SSSR count). The van der Waals surface area contributed by atoms with Crippen LogP contribution in [0.5, 0.6) is 0 Å². The summed E-state index contributed by atoms with van der Waals surface area (Å²) in [7, 11) is 0. The van der Waals surface area contributed by atoms with Gasteiger partial charge in [-0.3, -0.25) is 9.59 Å². The lowest BCUT2D eigenvalue weighted by atomic mass is 10.0. The number of hydrogen-bond acceptors (Lipinski definition) is 4. The van der Waals surface area contributed by atoms with Crippen LogP contribution in [0.1, 0.15) is 62.8 Å². The van der Waals surface area contributed by atoms with Crippen molar-refractivity contribution in [2.24, 2.45) is 0 Å². The highest BCUT2D eigenvalue weighted by molar-refractivity contribution is 6.07. The average Bonchev–Trinajstić information content (AvgIpc) is 2.62. The van der Waals surface area contributed by atoms with Crippen molar-refractivity contribution >= 4 is 23.5 Å². The smallest absolute Gasteiger partial charge is 0.335 e. The number of ketones is 2. The Bertz CT molecular complexity index is 792. The molecule has 0 bridgehead atoms. The Balaban J connectivity index is 0.000000271. The predicted molar refractivity (Wildman–Crippen MR) is 100 cm³/mol. The van der Waals surface area contributed by atoms with Crippen molar-refractivity contribution in [2.45, 2.75) is 33.1 Å². The molecule has 0 aliphatic carbocycles. The van der Waals surface area contributed by atoms with E-state index in [2.05, 4.69) is 0 Å². The van der Waals surface area contributed by atoms with Crippen LogP contribution in [0.2, 0.25) is 0 Å². The summed E-state index contributed by atoms with van der Waals surface area (Å²) in [5.74, 6) is -2.29. The fraction of sp³-hybridized carbons (Fsp3) is 0.238. The Kier molecular flexibility index (Phi) is 8.59. The van der Waals surface area contributed by atoms with Crippen molar-refractivity contribution in [1.29, 1.82) is 0 Å².